The van der Waals surface area contributed by atoms with Gasteiger partial charge in [-0.25, -0.2) is 4.39 Å². The molecule has 0 saturated carbocycles. The van der Waals surface area contributed by atoms with Crippen LogP contribution in [0.25, 0.3) is 0 Å². The number of hydrogen-bond donors (Lipinski definition) is 0. The van der Waals surface area contributed by atoms with Crippen molar-refractivity contribution in [3.63, 3.8) is 0 Å². The van der Waals surface area contributed by atoms with Gasteiger partial charge < -0.3 is 9.47 Å². The van der Waals surface area contributed by atoms with Crippen LogP contribution in [-0.2, 0) is 22.3 Å². The Morgan fingerprint density at radius 2 is 1.78 bits per heavy atom. The molecule has 0 fully saturated rings. The first-order valence-corrected chi connectivity index (χ1v) is 8.30. The summed E-state index contributed by atoms with van der Waals surface area (Å²) in [6, 6.07) is 11.3. The van der Waals surface area contributed by atoms with Crippen LogP contribution in [0.15, 0.2) is 36.4 Å². The monoisotopic (exact) mass is 333 g/mol. The molecule has 1 atom stereocenters. The molecule has 0 amide bonds. The summed E-state index contributed by atoms with van der Waals surface area (Å²) in [5.74, 6) is 1.03. The predicted octanol–water partition coefficient (Wildman–Crippen LogP) is 3.16. The van der Waals surface area contributed by atoms with Gasteiger partial charge in [0.1, 0.15) is 23.4 Å². The van der Waals surface area contributed by atoms with Crippen LogP contribution in [0.1, 0.15) is 16.7 Å². The summed E-state index contributed by atoms with van der Waals surface area (Å²) in [6.45, 7) is 0. The average Bonchev–Trinajstić information content (AvgIpc) is 2.54. The first-order valence-electron chi connectivity index (χ1n) is 6.81. The lowest BCUT2D eigenvalue weighted by atomic mass is 10.1. The summed E-state index contributed by atoms with van der Waals surface area (Å²) in [4.78, 5) is 0. The largest absolute Gasteiger partial charge is 0.496 e. The van der Waals surface area contributed by atoms with Gasteiger partial charge in [0.15, 0.2) is 0 Å². The highest BCUT2D eigenvalue weighted by molar-refractivity contribution is 7.83. The molecule has 0 aliphatic heterocycles. The van der Waals surface area contributed by atoms with Gasteiger partial charge in [0, 0.05) is 22.1 Å². The van der Waals surface area contributed by atoms with E-state index in [0.717, 1.165) is 5.56 Å². The lowest BCUT2D eigenvalue weighted by Gasteiger charge is -2.09. The summed E-state index contributed by atoms with van der Waals surface area (Å²) in [7, 11) is 1.72. The second-order valence-electron chi connectivity index (χ2n) is 4.83. The summed E-state index contributed by atoms with van der Waals surface area (Å²) in [6.07, 6.45) is 0. The molecule has 2 rings (SSSR count). The van der Waals surface area contributed by atoms with Gasteiger partial charge in [0.25, 0.3) is 0 Å². The number of hydrogen-bond acceptors (Lipinski definition) is 4. The minimum atomic E-state index is -1.26. The molecule has 6 heteroatoms. The molecular weight excluding hydrogens is 317 g/mol. The van der Waals surface area contributed by atoms with Crippen molar-refractivity contribution in [2.45, 2.75) is 11.5 Å². The van der Waals surface area contributed by atoms with E-state index in [0.29, 0.717) is 22.6 Å². The van der Waals surface area contributed by atoms with Crippen LogP contribution in [0.5, 0.6) is 11.5 Å². The summed E-state index contributed by atoms with van der Waals surface area (Å²) >= 11 is 0. The molecule has 0 heterocycles. The van der Waals surface area contributed by atoms with E-state index in [1.807, 2.05) is 6.07 Å². The maximum absolute atomic E-state index is 13.3. The number of halogens is 1. The summed E-state index contributed by atoms with van der Waals surface area (Å²) in [5.41, 5.74) is 1.71. The van der Waals surface area contributed by atoms with Crippen molar-refractivity contribution in [2.24, 2.45) is 0 Å². The minimum absolute atomic E-state index is 0.175. The molecular formula is C17H16FNO3S. The Bertz CT molecular complexity index is 771. The zero-order valence-corrected chi connectivity index (χ0v) is 13.7. The fraction of sp³-hybridized carbons (Fsp3) is 0.235. The highest BCUT2D eigenvalue weighted by Crippen LogP contribution is 2.23. The first kappa shape index (κ1) is 17.0. The molecule has 23 heavy (non-hydrogen) atoms. The maximum Gasteiger partial charge on any atom is 0.136 e. The maximum atomic E-state index is 13.3. The SMILES string of the molecule is COc1ccc(C[S@](=O)Cc2cc(F)ccc2OC)cc1C#N. The van der Waals surface area contributed by atoms with Crippen LogP contribution in [0.4, 0.5) is 4.39 Å². The molecule has 2 aromatic carbocycles. The number of methoxy groups -OCH3 is 2. The molecule has 0 aromatic heterocycles. The van der Waals surface area contributed by atoms with Crippen molar-refractivity contribution in [1.29, 1.82) is 5.26 Å². The van der Waals surface area contributed by atoms with E-state index in [4.69, 9.17) is 14.7 Å². The van der Waals surface area contributed by atoms with Gasteiger partial charge in [0.2, 0.25) is 0 Å². The lowest BCUT2D eigenvalue weighted by molar-refractivity contribution is 0.410. The second-order valence-corrected chi connectivity index (χ2v) is 6.29. The predicted molar refractivity (Wildman–Crippen MR) is 86.2 cm³/mol. The van der Waals surface area contributed by atoms with E-state index in [1.165, 1.54) is 32.4 Å². The summed E-state index contributed by atoms with van der Waals surface area (Å²) in [5, 5.41) is 9.08. The van der Waals surface area contributed by atoms with Crippen molar-refractivity contribution >= 4 is 10.8 Å². The third kappa shape index (κ3) is 4.30. The number of ether oxygens (including phenoxy) is 2. The molecule has 0 radical (unpaired) electrons. The molecule has 0 aliphatic carbocycles. The molecule has 0 N–H and O–H groups in total. The van der Waals surface area contributed by atoms with Crippen molar-refractivity contribution in [3.05, 3.63) is 58.9 Å². The Kier molecular flexibility index (Phi) is 5.72. The van der Waals surface area contributed by atoms with E-state index >= 15 is 0 Å². The molecule has 0 unspecified atom stereocenters. The van der Waals surface area contributed by atoms with Gasteiger partial charge in [-0.1, -0.05) is 6.07 Å². The van der Waals surface area contributed by atoms with Gasteiger partial charge in [0.05, 0.1) is 25.5 Å². The van der Waals surface area contributed by atoms with Crippen LogP contribution in [0.3, 0.4) is 0 Å². The van der Waals surface area contributed by atoms with Gasteiger partial charge in [-0.05, 0) is 35.9 Å². The highest BCUT2D eigenvalue weighted by atomic mass is 32.2. The van der Waals surface area contributed by atoms with Crippen LogP contribution >= 0.6 is 0 Å². The molecule has 0 spiro atoms. The zero-order chi connectivity index (χ0) is 16.8. The Morgan fingerprint density at radius 3 is 2.43 bits per heavy atom. The topological polar surface area (TPSA) is 59.3 Å². The summed E-state index contributed by atoms with van der Waals surface area (Å²) < 4.78 is 35.9. The molecule has 4 nitrogen and oxygen atoms in total. The average molecular weight is 333 g/mol. The Morgan fingerprint density at radius 1 is 1.09 bits per heavy atom. The number of nitrogens with zero attached hydrogens (tertiary/aromatic N) is 1. The third-order valence-electron chi connectivity index (χ3n) is 3.27. The molecule has 0 aliphatic rings. The van der Waals surface area contributed by atoms with E-state index in [9.17, 15) is 8.60 Å². The molecule has 0 bridgehead atoms. The van der Waals surface area contributed by atoms with Gasteiger partial charge in [-0.2, -0.15) is 5.26 Å². The van der Waals surface area contributed by atoms with E-state index in [1.54, 1.807) is 18.2 Å². The molecule has 2 aromatic rings. The smallest absolute Gasteiger partial charge is 0.136 e. The highest BCUT2D eigenvalue weighted by Gasteiger charge is 2.11. The van der Waals surface area contributed by atoms with Crippen molar-refractivity contribution in [3.8, 4) is 17.6 Å². The van der Waals surface area contributed by atoms with Crippen molar-refractivity contribution < 1.29 is 18.1 Å². The molecule has 120 valence electrons. The van der Waals surface area contributed by atoms with E-state index < -0.39 is 16.6 Å². The zero-order valence-electron chi connectivity index (χ0n) is 12.8. The molecule has 0 saturated heterocycles. The van der Waals surface area contributed by atoms with E-state index in [2.05, 4.69) is 0 Å². The van der Waals surface area contributed by atoms with Crippen LogP contribution < -0.4 is 9.47 Å². The van der Waals surface area contributed by atoms with Gasteiger partial charge in [-0.3, -0.25) is 4.21 Å². The number of rotatable bonds is 6. The van der Waals surface area contributed by atoms with Crippen LogP contribution in [0.2, 0.25) is 0 Å². The fourth-order valence-corrected chi connectivity index (χ4v) is 3.43. The Hall–Kier alpha value is -2.39. The van der Waals surface area contributed by atoms with Gasteiger partial charge >= 0.3 is 0 Å². The second kappa shape index (κ2) is 7.75. The normalized spacial score (nSPS) is 11.6. The van der Waals surface area contributed by atoms with Crippen LogP contribution in [-0.4, -0.2) is 18.4 Å². The standard InChI is InChI=1S/C17H16FNO3S/c1-21-16-5-3-12(7-13(16)9-19)10-23(20)11-14-8-15(18)4-6-17(14)22-2/h3-8H,10-11H2,1-2H3/t23-/m0/s1. The Balaban J connectivity index is 2.14. The van der Waals surface area contributed by atoms with Gasteiger partial charge in [-0.15, -0.1) is 0 Å². The Labute approximate surface area is 136 Å². The lowest BCUT2D eigenvalue weighted by Crippen LogP contribution is -2.02. The number of nitriles is 1. The quantitative estimate of drug-likeness (QED) is 0.815. The minimum Gasteiger partial charge on any atom is -0.496 e. The first-order chi connectivity index (χ1) is 11.1. The van der Waals surface area contributed by atoms with Crippen molar-refractivity contribution in [1.82, 2.24) is 0 Å². The third-order valence-corrected chi connectivity index (χ3v) is 4.56. The van der Waals surface area contributed by atoms with E-state index in [-0.39, 0.29) is 11.5 Å². The number of benzene rings is 2. The van der Waals surface area contributed by atoms with Crippen LogP contribution in [0, 0.1) is 17.1 Å². The van der Waals surface area contributed by atoms with Crippen molar-refractivity contribution in [2.75, 3.05) is 14.2 Å². The fourth-order valence-electron chi connectivity index (χ4n) is 2.20.